The monoisotopic (exact) mass is 549 g/mol. The normalized spacial score (nSPS) is 11.9. The van der Waals surface area contributed by atoms with Crippen LogP contribution >= 0.6 is 57.6 Å². The van der Waals surface area contributed by atoms with Crippen molar-refractivity contribution in [3.63, 3.8) is 0 Å². The van der Waals surface area contributed by atoms with Crippen molar-refractivity contribution in [1.82, 2.24) is 10.2 Å². The number of benzene rings is 2. The summed E-state index contributed by atoms with van der Waals surface area (Å²) < 4.78 is 12.4. The highest BCUT2D eigenvalue weighted by molar-refractivity contribution is 14.1. The number of halogens is 3. The van der Waals surface area contributed by atoms with E-state index in [0.29, 0.717) is 15.8 Å². The van der Waals surface area contributed by atoms with Crippen molar-refractivity contribution in [2.24, 2.45) is 0 Å². The van der Waals surface area contributed by atoms with Crippen LogP contribution in [0, 0.1) is 3.57 Å². The van der Waals surface area contributed by atoms with Gasteiger partial charge >= 0.3 is 0 Å². The number of thioether (sulfide) groups is 1. The molecule has 10 heteroatoms. The van der Waals surface area contributed by atoms with E-state index in [4.69, 9.17) is 32.4 Å². The molecule has 0 saturated heterocycles. The lowest BCUT2D eigenvalue weighted by molar-refractivity contribution is -0.113. The first-order chi connectivity index (χ1) is 13.4. The smallest absolute Gasteiger partial charge is 0.277 e. The Labute approximate surface area is 189 Å². The third kappa shape index (κ3) is 6.00. The minimum atomic E-state index is -0.513. The van der Waals surface area contributed by atoms with Crippen LogP contribution < -0.4 is 10.1 Å². The number of hydrogen-bond acceptors (Lipinski definition) is 6. The second kappa shape index (κ2) is 9.82. The summed E-state index contributed by atoms with van der Waals surface area (Å²) in [6.45, 7) is 1.76. The molecule has 1 atom stereocenters. The molecular weight excluding hydrogens is 536 g/mol. The molecule has 0 unspecified atom stereocenters. The van der Waals surface area contributed by atoms with Crippen LogP contribution in [-0.2, 0) is 4.79 Å². The summed E-state index contributed by atoms with van der Waals surface area (Å²) >= 11 is 15.3. The second-order valence-electron chi connectivity index (χ2n) is 5.58. The van der Waals surface area contributed by atoms with Gasteiger partial charge < -0.3 is 14.5 Å². The van der Waals surface area contributed by atoms with Crippen molar-refractivity contribution in [1.29, 1.82) is 0 Å². The quantitative estimate of drug-likeness (QED) is 0.294. The van der Waals surface area contributed by atoms with Gasteiger partial charge in [0.25, 0.3) is 11.1 Å². The van der Waals surface area contributed by atoms with E-state index >= 15 is 0 Å². The highest BCUT2D eigenvalue weighted by atomic mass is 127. The van der Waals surface area contributed by atoms with E-state index in [-0.39, 0.29) is 22.8 Å². The van der Waals surface area contributed by atoms with E-state index < -0.39 is 6.10 Å². The highest BCUT2D eigenvalue weighted by Crippen LogP contribution is 2.31. The van der Waals surface area contributed by atoms with Gasteiger partial charge in [-0.25, -0.2) is 0 Å². The first kappa shape index (κ1) is 21.2. The number of rotatable bonds is 7. The Morgan fingerprint density at radius 3 is 2.71 bits per heavy atom. The van der Waals surface area contributed by atoms with Crippen molar-refractivity contribution in [3.8, 4) is 5.75 Å². The fourth-order valence-corrected chi connectivity index (χ4v) is 3.49. The minimum absolute atomic E-state index is 0.145. The van der Waals surface area contributed by atoms with Gasteiger partial charge in [0.05, 0.1) is 10.8 Å². The van der Waals surface area contributed by atoms with E-state index in [1.54, 1.807) is 25.1 Å². The Hall–Kier alpha value is -1.49. The lowest BCUT2D eigenvalue weighted by atomic mass is 10.3. The molecule has 0 aliphatic rings. The third-order valence-electron chi connectivity index (χ3n) is 3.42. The molecule has 0 fully saturated rings. The number of carbonyl (C=O) groups excluding carboxylic acids is 1. The van der Waals surface area contributed by atoms with Crippen molar-refractivity contribution >= 4 is 69.1 Å². The summed E-state index contributed by atoms with van der Waals surface area (Å²) in [5.74, 6) is 0.726. The zero-order valence-corrected chi connectivity index (χ0v) is 19.0. The zero-order chi connectivity index (χ0) is 20.1. The van der Waals surface area contributed by atoms with E-state index in [9.17, 15) is 4.79 Å². The van der Waals surface area contributed by atoms with Gasteiger partial charge in [-0.15, -0.1) is 10.2 Å². The average molecular weight is 550 g/mol. The average Bonchev–Trinajstić information content (AvgIpc) is 3.13. The summed E-state index contributed by atoms with van der Waals surface area (Å²) in [5, 5.41) is 11.9. The molecule has 0 aliphatic heterocycles. The van der Waals surface area contributed by atoms with E-state index in [0.717, 1.165) is 21.0 Å². The standard InChI is InChI=1S/C18H14Cl2IN3O3S/c1-10(26-15-7-2-11(19)8-14(15)20)17-23-24-18(27-17)28-9-16(25)22-13-5-3-12(21)4-6-13/h2-8,10H,9H2,1H3,(H,22,25)/t10-/m1/s1. The summed E-state index contributed by atoms with van der Waals surface area (Å²) in [7, 11) is 0. The van der Waals surface area contributed by atoms with Crippen LogP contribution in [0.15, 0.2) is 52.1 Å². The van der Waals surface area contributed by atoms with Crippen molar-refractivity contribution in [2.75, 3.05) is 11.1 Å². The van der Waals surface area contributed by atoms with E-state index in [2.05, 4.69) is 38.1 Å². The van der Waals surface area contributed by atoms with E-state index in [1.807, 2.05) is 24.3 Å². The van der Waals surface area contributed by atoms with Crippen LogP contribution in [0.3, 0.4) is 0 Å². The molecule has 6 nitrogen and oxygen atoms in total. The molecule has 28 heavy (non-hydrogen) atoms. The molecule has 0 bridgehead atoms. The molecule has 3 rings (SSSR count). The van der Waals surface area contributed by atoms with Gasteiger partial charge in [-0.3, -0.25) is 4.79 Å². The molecular formula is C18H14Cl2IN3O3S. The van der Waals surface area contributed by atoms with Gasteiger partial charge in [0, 0.05) is 14.3 Å². The SMILES string of the molecule is C[C@@H](Oc1ccc(Cl)cc1Cl)c1nnc(SCC(=O)Nc2ccc(I)cc2)o1. The first-order valence-electron chi connectivity index (χ1n) is 8.04. The van der Waals surface area contributed by atoms with Crippen LogP contribution in [0.1, 0.15) is 18.9 Å². The Kier molecular flexibility index (Phi) is 7.44. The Balaban J connectivity index is 1.53. The largest absolute Gasteiger partial charge is 0.479 e. The number of aromatic nitrogens is 2. The second-order valence-corrected chi connectivity index (χ2v) is 8.60. The topological polar surface area (TPSA) is 77.2 Å². The number of hydrogen-bond donors (Lipinski definition) is 1. The fraction of sp³-hybridized carbons (Fsp3) is 0.167. The lowest BCUT2D eigenvalue weighted by Crippen LogP contribution is -2.13. The molecule has 2 aromatic carbocycles. The number of amides is 1. The van der Waals surface area contributed by atoms with Gasteiger partial charge in [-0.1, -0.05) is 35.0 Å². The predicted octanol–water partition coefficient (Wildman–Crippen LogP) is 5.85. The molecule has 0 spiro atoms. The molecule has 1 aromatic heterocycles. The lowest BCUT2D eigenvalue weighted by Gasteiger charge is -2.12. The van der Waals surface area contributed by atoms with Crippen molar-refractivity contribution in [2.45, 2.75) is 18.3 Å². The molecule has 1 amide bonds. The van der Waals surface area contributed by atoms with Crippen LogP contribution in [-0.4, -0.2) is 21.9 Å². The predicted molar refractivity (Wildman–Crippen MR) is 118 cm³/mol. The maximum absolute atomic E-state index is 12.0. The van der Waals surface area contributed by atoms with E-state index in [1.165, 1.54) is 0 Å². The molecule has 0 radical (unpaired) electrons. The van der Waals surface area contributed by atoms with Gasteiger partial charge in [-0.2, -0.15) is 0 Å². The Morgan fingerprint density at radius 1 is 1.25 bits per heavy atom. The number of nitrogens with one attached hydrogen (secondary N) is 1. The minimum Gasteiger partial charge on any atom is -0.479 e. The molecule has 146 valence electrons. The summed E-state index contributed by atoms with van der Waals surface area (Å²) in [6.07, 6.45) is -0.513. The van der Waals surface area contributed by atoms with Gasteiger partial charge in [0.15, 0.2) is 6.10 Å². The number of nitrogens with zero attached hydrogens (tertiary/aromatic N) is 2. The summed E-state index contributed by atoms with van der Waals surface area (Å²) in [5.41, 5.74) is 0.735. The zero-order valence-electron chi connectivity index (χ0n) is 14.5. The maximum Gasteiger partial charge on any atom is 0.277 e. The summed E-state index contributed by atoms with van der Waals surface area (Å²) in [6, 6.07) is 12.5. The molecule has 1 N–H and O–H groups in total. The highest BCUT2D eigenvalue weighted by Gasteiger charge is 2.18. The maximum atomic E-state index is 12.0. The van der Waals surface area contributed by atoms with Crippen molar-refractivity contribution < 1.29 is 13.9 Å². The Morgan fingerprint density at radius 2 is 2.00 bits per heavy atom. The third-order valence-corrected chi connectivity index (χ3v) is 5.49. The first-order valence-corrected chi connectivity index (χ1v) is 10.9. The number of carbonyl (C=O) groups is 1. The van der Waals surface area contributed by atoms with Gasteiger partial charge in [0.1, 0.15) is 5.75 Å². The van der Waals surface area contributed by atoms with Crippen LogP contribution in [0.25, 0.3) is 0 Å². The Bertz CT molecular complexity index is 969. The fourth-order valence-electron chi connectivity index (χ4n) is 2.11. The van der Waals surface area contributed by atoms with Gasteiger partial charge in [-0.05, 0) is 72.0 Å². The van der Waals surface area contributed by atoms with Crippen LogP contribution in [0.4, 0.5) is 5.69 Å². The van der Waals surface area contributed by atoms with Gasteiger partial charge in [0.2, 0.25) is 5.91 Å². The molecule has 0 saturated carbocycles. The number of ether oxygens (including phenoxy) is 1. The van der Waals surface area contributed by atoms with Crippen LogP contribution in [0.2, 0.25) is 10.0 Å². The van der Waals surface area contributed by atoms with Crippen molar-refractivity contribution in [3.05, 3.63) is 62.0 Å². The van der Waals surface area contributed by atoms with Crippen LogP contribution in [0.5, 0.6) is 5.75 Å². The summed E-state index contributed by atoms with van der Waals surface area (Å²) in [4.78, 5) is 12.0. The molecule has 0 aliphatic carbocycles. The molecule has 3 aromatic rings. The number of anilines is 1. The molecule has 1 heterocycles.